The van der Waals surface area contributed by atoms with E-state index in [1.807, 2.05) is 26.0 Å². The second kappa shape index (κ2) is 6.57. The van der Waals surface area contributed by atoms with Crippen molar-refractivity contribution >= 4 is 0 Å². The molecule has 0 fully saturated rings. The summed E-state index contributed by atoms with van der Waals surface area (Å²) in [5.41, 5.74) is 1.70. The first-order valence-corrected chi connectivity index (χ1v) is 6.80. The molecule has 2 rings (SSSR count). The molecule has 0 saturated carbocycles. The SMILES string of the molecule is CCNC(c1ncccc1CC)c1c(F)cccc1F. The third-order valence-electron chi connectivity index (χ3n) is 3.28. The lowest BCUT2D eigenvalue weighted by atomic mass is 9.97. The Bertz CT molecular complexity index is 564. The first kappa shape index (κ1) is 14.6. The number of rotatable bonds is 5. The summed E-state index contributed by atoms with van der Waals surface area (Å²) in [6.07, 6.45) is 2.42. The fourth-order valence-corrected chi connectivity index (χ4v) is 2.34. The van der Waals surface area contributed by atoms with Crippen LogP contribution in [0, 0.1) is 11.6 Å². The molecule has 1 heterocycles. The van der Waals surface area contributed by atoms with Crippen LogP contribution in [0.25, 0.3) is 0 Å². The van der Waals surface area contributed by atoms with Gasteiger partial charge in [-0.05, 0) is 36.7 Å². The Balaban J connectivity index is 2.56. The molecule has 1 unspecified atom stereocenters. The van der Waals surface area contributed by atoms with E-state index in [1.54, 1.807) is 6.20 Å². The summed E-state index contributed by atoms with van der Waals surface area (Å²) in [5.74, 6) is -1.10. The second-order valence-electron chi connectivity index (χ2n) is 4.53. The first-order valence-electron chi connectivity index (χ1n) is 6.80. The van der Waals surface area contributed by atoms with Gasteiger partial charge in [-0.1, -0.05) is 26.0 Å². The molecule has 1 aromatic carbocycles. The van der Waals surface area contributed by atoms with Crippen LogP contribution in [0.3, 0.4) is 0 Å². The van der Waals surface area contributed by atoms with Gasteiger partial charge in [0.1, 0.15) is 11.6 Å². The minimum Gasteiger partial charge on any atom is -0.305 e. The van der Waals surface area contributed by atoms with E-state index in [0.29, 0.717) is 12.2 Å². The molecule has 1 atom stereocenters. The molecule has 2 aromatic rings. The highest BCUT2D eigenvalue weighted by Crippen LogP contribution is 2.27. The number of hydrogen-bond acceptors (Lipinski definition) is 2. The van der Waals surface area contributed by atoms with Gasteiger partial charge in [-0.15, -0.1) is 0 Å². The maximum Gasteiger partial charge on any atom is 0.131 e. The Labute approximate surface area is 117 Å². The number of halogens is 2. The van der Waals surface area contributed by atoms with Crippen molar-refractivity contribution in [2.45, 2.75) is 26.3 Å². The van der Waals surface area contributed by atoms with Crippen LogP contribution in [0.5, 0.6) is 0 Å². The normalized spacial score (nSPS) is 12.4. The molecule has 0 spiro atoms. The molecule has 2 nitrogen and oxygen atoms in total. The monoisotopic (exact) mass is 276 g/mol. The topological polar surface area (TPSA) is 24.9 Å². The summed E-state index contributed by atoms with van der Waals surface area (Å²) in [5, 5.41) is 3.13. The lowest BCUT2D eigenvalue weighted by Crippen LogP contribution is -2.26. The molecule has 0 aliphatic rings. The summed E-state index contributed by atoms with van der Waals surface area (Å²) < 4.78 is 28.1. The molecule has 106 valence electrons. The zero-order valence-corrected chi connectivity index (χ0v) is 11.7. The van der Waals surface area contributed by atoms with Crippen molar-refractivity contribution < 1.29 is 8.78 Å². The predicted molar refractivity (Wildman–Crippen MR) is 75.5 cm³/mol. The van der Waals surface area contributed by atoms with Crippen molar-refractivity contribution in [3.05, 3.63) is 65.0 Å². The van der Waals surface area contributed by atoms with E-state index in [0.717, 1.165) is 12.0 Å². The van der Waals surface area contributed by atoms with E-state index in [2.05, 4.69) is 10.3 Å². The summed E-state index contributed by atoms with van der Waals surface area (Å²) >= 11 is 0. The molecule has 4 heteroatoms. The van der Waals surface area contributed by atoms with Crippen LogP contribution in [0.15, 0.2) is 36.5 Å². The molecule has 0 saturated heterocycles. The largest absolute Gasteiger partial charge is 0.305 e. The highest BCUT2D eigenvalue weighted by atomic mass is 19.1. The van der Waals surface area contributed by atoms with Crippen LogP contribution < -0.4 is 5.32 Å². The lowest BCUT2D eigenvalue weighted by molar-refractivity contribution is 0.503. The maximum atomic E-state index is 14.0. The van der Waals surface area contributed by atoms with Gasteiger partial charge in [0.25, 0.3) is 0 Å². The molecular formula is C16H18F2N2. The molecule has 1 aromatic heterocycles. The molecule has 1 N–H and O–H groups in total. The Morgan fingerprint density at radius 2 is 1.80 bits per heavy atom. The zero-order valence-electron chi connectivity index (χ0n) is 11.7. The van der Waals surface area contributed by atoms with Gasteiger partial charge in [0.05, 0.1) is 11.7 Å². The van der Waals surface area contributed by atoms with E-state index in [9.17, 15) is 8.78 Å². The Kier molecular flexibility index (Phi) is 4.79. The number of benzene rings is 1. The summed E-state index contributed by atoms with van der Waals surface area (Å²) in [6, 6.07) is 7.12. The quantitative estimate of drug-likeness (QED) is 0.902. The number of aromatic nitrogens is 1. The second-order valence-corrected chi connectivity index (χ2v) is 4.53. The van der Waals surface area contributed by atoms with Crippen LogP contribution in [0.1, 0.15) is 36.7 Å². The average Bonchev–Trinajstić information content (AvgIpc) is 2.46. The minimum absolute atomic E-state index is 0.0303. The number of nitrogens with zero attached hydrogens (tertiary/aromatic N) is 1. The van der Waals surface area contributed by atoms with Gasteiger partial charge in [-0.2, -0.15) is 0 Å². The van der Waals surface area contributed by atoms with E-state index in [-0.39, 0.29) is 5.56 Å². The van der Waals surface area contributed by atoms with Crippen LogP contribution in [0.2, 0.25) is 0 Å². The summed E-state index contributed by atoms with van der Waals surface area (Å²) in [7, 11) is 0. The van der Waals surface area contributed by atoms with Gasteiger partial charge in [0, 0.05) is 11.8 Å². The van der Waals surface area contributed by atoms with Crippen molar-refractivity contribution in [2.75, 3.05) is 6.54 Å². The van der Waals surface area contributed by atoms with Gasteiger partial charge >= 0.3 is 0 Å². The van der Waals surface area contributed by atoms with Crippen LogP contribution >= 0.6 is 0 Å². The van der Waals surface area contributed by atoms with Crippen molar-refractivity contribution in [1.82, 2.24) is 10.3 Å². The van der Waals surface area contributed by atoms with Crippen LogP contribution in [-0.2, 0) is 6.42 Å². The molecule has 20 heavy (non-hydrogen) atoms. The molecule has 0 radical (unpaired) electrons. The van der Waals surface area contributed by atoms with E-state index in [4.69, 9.17) is 0 Å². The third-order valence-corrected chi connectivity index (χ3v) is 3.28. The van der Waals surface area contributed by atoms with E-state index < -0.39 is 17.7 Å². The van der Waals surface area contributed by atoms with E-state index in [1.165, 1.54) is 18.2 Å². The van der Waals surface area contributed by atoms with Gasteiger partial charge in [0.15, 0.2) is 0 Å². The van der Waals surface area contributed by atoms with Crippen molar-refractivity contribution in [3.63, 3.8) is 0 Å². The highest BCUT2D eigenvalue weighted by molar-refractivity contribution is 5.34. The smallest absolute Gasteiger partial charge is 0.131 e. The minimum atomic E-state index is -0.572. The molecular weight excluding hydrogens is 258 g/mol. The van der Waals surface area contributed by atoms with Crippen LogP contribution in [-0.4, -0.2) is 11.5 Å². The average molecular weight is 276 g/mol. The van der Waals surface area contributed by atoms with Crippen LogP contribution in [0.4, 0.5) is 8.78 Å². The molecule has 0 amide bonds. The number of hydrogen-bond donors (Lipinski definition) is 1. The highest BCUT2D eigenvalue weighted by Gasteiger charge is 2.23. The predicted octanol–water partition coefficient (Wildman–Crippen LogP) is 3.62. The van der Waals surface area contributed by atoms with Gasteiger partial charge in [-0.25, -0.2) is 8.78 Å². The fourth-order valence-electron chi connectivity index (χ4n) is 2.34. The number of pyridine rings is 1. The lowest BCUT2D eigenvalue weighted by Gasteiger charge is -2.21. The fraction of sp³-hybridized carbons (Fsp3) is 0.312. The zero-order chi connectivity index (χ0) is 14.5. The van der Waals surface area contributed by atoms with Crippen molar-refractivity contribution in [1.29, 1.82) is 0 Å². The van der Waals surface area contributed by atoms with Crippen molar-refractivity contribution in [2.24, 2.45) is 0 Å². The Morgan fingerprint density at radius 3 is 2.40 bits per heavy atom. The number of aryl methyl sites for hydroxylation is 1. The first-order chi connectivity index (χ1) is 9.69. The molecule has 0 aliphatic heterocycles. The Hall–Kier alpha value is -1.81. The Morgan fingerprint density at radius 1 is 1.10 bits per heavy atom. The standard InChI is InChI=1S/C16H18F2N2/c1-3-11-7-6-10-20-15(11)16(19-4-2)14-12(17)8-5-9-13(14)18/h5-10,16,19H,3-4H2,1-2H3. The summed E-state index contributed by atoms with van der Waals surface area (Å²) in [6.45, 7) is 4.50. The number of nitrogens with one attached hydrogen (secondary N) is 1. The van der Waals surface area contributed by atoms with Gasteiger partial charge in [-0.3, -0.25) is 4.98 Å². The summed E-state index contributed by atoms with van der Waals surface area (Å²) in [4.78, 5) is 4.33. The molecule has 0 aliphatic carbocycles. The van der Waals surface area contributed by atoms with E-state index >= 15 is 0 Å². The molecule has 0 bridgehead atoms. The maximum absolute atomic E-state index is 14.0. The van der Waals surface area contributed by atoms with Gasteiger partial charge in [0.2, 0.25) is 0 Å². The van der Waals surface area contributed by atoms with Gasteiger partial charge < -0.3 is 5.32 Å². The third kappa shape index (κ3) is 2.85. The van der Waals surface area contributed by atoms with Crippen molar-refractivity contribution in [3.8, 4) is 0 Å².